The van der Waals surface area contributed by atoms with Crippen molar-refractivity contribution in [2.75, 3.05) is 13.1 Å². The Bertz CT molecular complexity index is 500. The topological polar surface area (TPSA) is 27.0 Å². The Morgan fingerprint density at radius 1 is 1.19 bits per heavy atom. The van der Waals surface area contributed by atoms with Crippen molar-refractivity contribution in [2.24, 2.45) is 10.8 Å². The van der Waals surface area contributed by atoms with Gasteiger partial charge in [0.25, 0.3) is 0 Å². The summed E-state index contributed by atoms with van der Waals surface area (Å²) in [4.78, 5) is 2.41. The Balaban J connectivity index is 1.99. The lowest BCUT2D eigenvalue weighted by molar-refractivity contribution is 0.00710. The first kappa shape index (κ1) is 16.0. The van der Waals surface area contributed by atoms with Crippen molar-refractivity contribution >= 4 is 0 Å². The monoisotopic (exact) mass is 288 g/mol. The van der Waals surface area contributed by atoms with Gasteiger partial charge in [-0.15, -0.1) is 0 Å². The predicted octanol–water partition coefficient (Wildman–Crippen LogP) is 4.37. The van der Waals surface area contributed by atoms with E-state index in [1.54, 1.807) is 0 Å². The van der Waals surface area contributed by atoms with Gasteiger partial charge in [0.05, 0.1) is 6.07 Å². The molecule has 1 heterocycles. The molecule has 114 valence electrons. The lowest BCUT2D eigenvalue weighted by atomic mass is 9.60. The smallest absolute Gasteiger partial charge is 0.123 e. The first-order chi connectivity index (χ1) is 9.86. The molecular weight excluding hydrogens is 263 g/mol. The number of benzene rings is 1. The van der Waals surface area contributed by atoms with Crippen LogP contribution in [0.25, 0.3) is 0 Å². The molecule has 1 aliphatic rings. The van der Waals surface area contributed by atoms with Crippen LogP contribution < -0.4 is 0 Å². The van der Waals surface area contributed by atoms with Crippen LogP contribution in [-0.2, 0) is 6.54 Å². The Kier molecular flexibility index (Phi) is 4.68. The maximum atomic E-state index is 12.9. The normalized spacial score (nSPS) is 19.2. The van der Waals surface area contributed by atoms with Crippen molar-refractivity contribution in [3.8, 4) is 6.07 Å². The number of nitrogens with zero attached hydrogens (tertiary/aromatic N) is 2. The van der Waals surface area contributed by atoms with Crippen LogP contribution in [0.4, 0.5) is 4.39 Å². The van der Waals surface area contributed by atoms with E-state index in [1.807, 2.05) is 12.1 Å². The number of rotatable bonds is 3. The summed E-state index contributed by atoms with van der Waals surface area (Å²) in [6, 6.07) is 9.15. The number of nitriles is 1. The molecule has 0 radical (unpaired) electrons. The summed E-state index contributed by atoms with van der Waals surface area (Å²) in [6.45, 7) is 9.64. The molecule has 2 nitrogen and oxygen atoms in total. The van der Waals surface area contributed by atoms with Gasteiger partial charge in [-0.25, -0.2) is 4.39 Å². The molecule has 0 aromatic heterocycles. The second-order valence-electron chi connectivity index (χ2n) is 7.27. The highest BCUT2D eigenvalue weighted by Crippen LogP contribution is 2.49. The summed E-state index contributed by atoms with van der Waals surface area (Å²) >= 11 is 0. The number of halogens is 1. The molecule has 0 N–H and O–H groups in total. The SMILES string of the molecule is CC(C)(C)C1(CC#N)CCN(Cc2ccc(F)cc2)CC1. The highest BCUT2D eigenvalue weighted by molar-refractivity contribution is 5.16. The fraction of sp³-hybridized carbons (Fsp3) is 0.611. The molecule has 1 fully saturated rings. The molecular formula is C18H25FN2. The van der Waals surface area contributed by atoms with Gasteiger partial charge in [-0.05, 0) is 54.5 Å². The van der Waals surface area contributed by atoms with E-state index in [2.05, 4.69) is 31.7 Å². The van der Waals surface area contributed by atoms with E-state index in [-0.39, 0.29) is 16.6 Å². The van der Waals surface area contributed by atoms with E-state index in [9.17, 15) is 9.65 Å². The molecule has 1 aromatic carbocycles. The fourth-order valence-corrected chi connectivity index (χ4v) is 3.33. The van der Waals surface area contributed by atoms with Gasteiger partial charge in [0.2, 0.25) is 0 Å². The largest absolute Gasteiger partial charge is 0.299 e. The number of piperidine rings is 1. The Hall–Kier alpha value is -1.40. The molecule has 2 rings (SSSR count). The minimum absolute atomic E-state index is 0.126. The van der Waals surface area contributed by atoms with Gasteiger partial charge in [-0.2, -0.15) is 5.26 Å². The highest BCUT2D eigenvalue weighted by Gasteiger charge is 2.43. The van der Waals surface area contributed by atoms with Crippen molar-refractivity contribution in [2.45, 2.75) is 46.6 Å². The molecule has 0 atom stereocenters. The van der Waals surface area contributed by atoms with Crippen molar-refractivity contribution in [1.82, 2.24) is 4.90 Å². The molecule has 3 heteroatoms. The predicted molar refractivity (Wildman–Crippen MR) is 83.0 cm³/mol. The minimum Gasteiger partial charge on any atom is -0.299 e. The molecule has 0 spiro atoms. The molecule has 0 saturated carbocycles. The fourth-order valence-electron chi connectivity index (χ4n) is 3.33. The zero-order valence-corrected chi connectivity index (χ0v) is 13.3. The van der Waals surface area contributed by atoms with Crippen LogP contribution in [0.2, 0.25) is 0 Å². The first-order valence-corrected chi connectivity index (χ1v) is 7.70. The van der Waals surface area contributed by atoms with Gasteiger partial charge >= 0.3 is 0 Å². The zero-order chi connectivity index (χ0) is 15.5. The van der Waals surface area contributed by atoms with Crippen LogP contribution in [0.5, 0.6) is 0 Å². The molecule has 0 bridgehead atoms. The van der Waals surface area contributed by atoms with Gasteiger partial charge in [0, 0.05) is 13.0 Å². The molecule has 1 saturated heterocycles. The summed E-state index contributed by atoms with van der Waals surface area (Å²) in [6.07, 6.45) is 2.76. The molecule has 1 aliphatic heterocycles. The van der Waals surface area contributed by atoms with Gasteiger partial charge in [0.15, 0.2) is 0 Å². The summed E-state index contributed by atoms with van der Waals surface area (Å²) in [7, 11) is 0. The van der Waals surface area contributed by atoms with Crippen LogP contribution >= 0.6 is 0 Å². The average molecular weight is 288 g/mol. The second-order valence-corrected chi connectivity index (χ2v) is 7.27. The van der Waals surface area contributed by atoms with E-state index in [0.29, 0.717) is 6.42 Å². The van der Waals surface area contributed by atoms with Gasteiger partial charge in [0.1, 0.15) is 5.82 Å². The summed E-state index contributed by atoms with van der Waals surface area (Å²) < 4.78 is 12.9. The van der Waals surface area contributed by atoms with E-state index < -0.39 is 0 Å². The van der Waals surface area contributed by atoms with Crippen molar-refractivity contribution in [3.05, 3.63) is 35.6 Å². The van der Waals surface area contributed by atoms with Gasteiger partial charge in [-0.3, -0.25) is 4.90 Å². The maximum absolute atomic E-state index is 12.9. The van der Waals surface area contributed by atoms with Crippen LogP contribution in [0, 0.1) is 28.0 Å². The average Bonchev–Trinajstić information content (AvgIpc) is 2.43. The van der Waals surface area contributed by atoms with Crippen molar-refractivity contribution in [3.63, 3.8) is 0 Å². The minimum atomic E-state index is -0.182. The first-order valence-electron chi connectivity index (χ1n) is 7.70. The third kappa shape index (κ3) is 3.63. The standard InChI is InChI=1S/C18H25FN2/c1-17(2,3)18(8-11-20)9-12-21(13-10-18)14-15-4-6-16(19)7-5-15/h4-7H,8-10,12-14H2,1-3H3. The Morgan fingerprint density at radius 3 is 2.24 bits per heavy atom. The summed E-state index contributed by atoms with van der Waals surface area (Å²) in [5.41, 5.74) is 1.44. The maximum Gasteiger partial charge on any atom is 0.123 e. The third-order valence-electron chi connectivity index (χ3n) is 5.14. The van der Waals surface area contributed by atoms with Crippen LogP contribution in [0.1, 0.15) is 45.6 Å². The van der Waals surface area contributed by atoms with E-state index in [0.717, 1.165) is 38.0 Å². The molecule has 1 aromatic rings. The molecule has 0 aliphatic carbocycles. The lowest BCUT2D eigenvalue weighted by Crippen LogP contribution is -2.46. The van der Waals surface area contributed by atoms with Crippen LogP contribution in [0.15, 0.2) is 24.3 Å². The Morgan fingerprint density at radius 2 is 1.76 bits per heavy atom. The van der Waals surface area contributed by atoms with E-state index >= 15 is 0 Å². The third-order valence-corrected chi connectivity index (χ3v) is 5.14. The van der Waals surface area contributed by atoms with E-state index in [4.69, 9.17) is 0 Å². The lowest BCUT2D eigenvalue weighted by Gasteiger charge is -2.49. The van der Waals surface area contributed by atoms with Gasteiger partial charge < -0.3 is 0 Å². The van der Waals surface area contributed by atoms with Crippen LogP contribution in [0.3, 0.4) is 0 Å². The second kappa shape index (κ2) is 6.15. The molecule has 21 heavy (non-hydrogen) atoms. The quantitative estimate of drug-likeness (QED) is 0.826. The number of hydrogen-bond acceptors (Lipinski definition) is 2. The summed E-state index contributed by atoms with van der Waals surface area (Å²) in [5.74, 6) is -0.182. The van der Waals surface area contributed by atoms with E-state index in [1.165, 1.54) is 12.1 Å². The zero-order valence-electron chi connectivity index (χ0n) is 13.3. The molecule has 0 unspecified atom stereocenters. The number of hydrogen-bond donors (Lipinski definition) is 0. The Labute approximate surface area is 127 Å². The molecule has 0 amide bonds. The van der Waals surface area contributed by atoms with Crippen molar-refractivity contribution in [1.29, 1.82) is 5.26 Å². The van der Waals surface area contributed by atoms with Crippen molar-refractivity contribution < 1.29 is 4.39 Å². The van der Waals surface area contributed by atoms with Crippen LogP contribution in [-0.4, -0.2) is 18.0 Å². The van der Waals surface area contributed by atoms with Gasteiger partial charge in [-0.1, -0.05) is 32.9 Å². The highest BCUT2D eigenvalue weighted by atomic mass is 19.1. The summed E-state index contributed by atoms with van der Waals surface area (Å²) in [5, 5.41) is 9.18. The number of likely N-dealkylation sites (tertiary alicyclic amines) is 1.